The van der Waals surface area contributed by atoms with Crippen LogP contribution in [0.3, 0.4) is 0 Å². The Bertz CT molecular complexity index is 1100. The quantitative estimate of drug-likeness (QED) is 0.515. The lowest BCUT2D eigenvalue weighted by Gasteiger charge is -2.22. The van der Waals surface area contributed by atoms with Gasteiger partial charge >= 0.3 is 0 Å². The maximum Gasteiger partial charge on any atom is 0.244 e. The molecule has 1 atom stereocenters. The molecule has 1 unspecified atom stereocenters. The fourth-order valence-electron chi connectivity index (χ4n) is 3.16. The largest absolute Gasteiger partial charge is 0.344 e. The number of carbonyl (C=O) groups is 2. The highest BCUT2D eigenvalue weighted by Gasteiger charge is 2.20. The molecule has 0 saturated carbocycles. The van der Waals surface area contributed by atoms with Crippen molar-refractivity contribution in [1.82, 2.24) is 15.2 Å². The van der Waals surface area contributed by atoms with Crippen LogP contribution in [0.5, 0.6) is 0 Å². The molecule has 2 aromatic carbocycles. The van der Waals surface area contributed by atoms with Crippen molar-refractivity contribution in [3.05, 3.63) is 83.1 Å². The van der Waals surface area contributed by atoms with E-state index in [2.05, 4.69) is 10.3 Å². The summed E-state index contributed by atoms with van der Waals surface area (Å²) in [4.78, 5) is 32.3. The minimum atomic E-state index is -0.512. The van der Waals surface area contributed by atoms with Crippen LogP contribution >= 0.6 is 11.3 Å². The van der Waals surface area contributed by atoms with Gasteiger partial charge in [0.05, 0.1) is 17.4 Å². The summed E-state index contributed by atoms with van der Waals surface area (Å²) in [7, 11) is 3.90. The van der Waals surface area contributed by atoms with E-state index in [9.17, 15) is 14.0 Å². The Morgan fingerprint density at radius 1 is 1.12 bits per heavy atom. The van der Waals surface area contributed by atoms with Gasteiger partial charge in [-0.05, 0) is 37.9 Å². The molecular weight excluding hydrogens is 427 g/mol. The van der Waals surface area contributed by atoms with Crippen molar-refractivity contribution < 1.29 is 14.0 Å². The summed E-state index contributed by atoms with van der Waals surface area (Å²) in [6, 6.07) is 15.6. The zero-order chi connectivity index (χ0) is 23.1. The lowest BCUT2D eigenvalue weighted by molar-refractivity contribution is -0.117. The number of carbonyl (C=O) groups excluding carboxylic acids is 2. The monoisotopic (exact) mass is 452 g/mol. The first-order valence-corrected chi connectivity index (χ1v) is 10.9. The first kappa shape index (κ1) is 23.3. The second kappa shape index (κ2) is 10.8. The van der Waals surface area contributed by atoms with Crippen molar-refractivity contribution in [2.24, 2.45) is 0 Å². The van der Waals surface area contributed by atoms with Gasteiger partial charge in [0.15, 0.2) is 5.13 Å². The summed E-state index contributed by atoms with van der Waals surface area (Å²) >= 11 is 1.20. The van der Waals surface area contributed by atoms with Gasteiger partial charge in [-0.25, -0.2) is 9.37 Å². The third-order valence-electron chi connectivity index (χ3n) is 4.58. The van der Waals surface area contributed by atoms with Gasteiger partial charge in [0.2, 0.25) is 11.8 Å². The fourth-order valence-corrected chi connectivity index (χ4v) is 4.01. The van der Waals surface area contributed by atoms with Crippen LogP contribution in [0.15, 0.2) is 66.1 Å². The van der Waals surface area contributed by atoms with Gasteiger partial charge in [-0.1, -0.05) is 42.5 Å². The van der Waals surface area contributed by atoms with Gasteiger partial charge in [-0.15, -0.1) is 11.3 Å². The molecule has 0 aliphatic heterocycles. The number of thiazole rings is 1. The van der Waals surface area contributed by atoms with Crippen molar-refractivity contribution in [1.29, 1.82) is 0 Å². The highest BCUT2D eigenvalue weighted by Crippen LogP contribution is 2.31. The number of nitrogens with zero attached hydrogens (tertiary/aromatic N) is 3. The molecule has 166 valence electrons. The molecule has 6 nitrogen and oxygen atoms in total. The van der Waals surface area contributed by atoms with Crippen LogP contribution in [0.4, 0.5) is 15.2 Å². The molecule has 32 heavy (non-hydrogen) atoms. The molecule has 0 aliphatic carbocycles. The minimum Gasteiger partial charge on any atom is -0.344 e. The second-order valence-electron chi connectivity index (χ2n) is 7.43. The molecule has 1 aromatic heterocycles. The predicted molar refractivity (Wildman–Crippen MR) is 126 cm³/mol. The lowest BCUT2D eigenvalue weighted by Crippen LogP contribution is -2.34. The average Bonchev–Trinajstić information content (AvgIpc) is 3.22. The van der Waals surface area contributed by atoms with Gasteiger partial charge in [-0.3, -0.25) is 14.5 Å². The fraction of sp³-hybridized carbons (Fsp3) is 0.208. The van der Waals surface area contributed by atoms with E-state index in [-0.39, 0.29) is 23.5 Å². The summed E-state index contributed by atoms with van der Waals surface area (Å²) in [5, 5.41) is 5.05. The molecule has 0 saturated heterocycles. The molecule has 1 N–H and O–H groups in total. The zero-order valence-electron chi connectivity index (χ0n) is 18.2. The molecule has 0 aliphatic rings. The SMILES string of the molecule is CC(=O)N(c1nc(/C=C/C(=O)NC(CN(C)C)c2ccccc2)cs1)c1ccccc1F. The normalized spacial score (nSPS) is 12.2. The number of para-hydroxylation sites is 1. The third-order valence-corrected chi connectivity index (χ3v) is 5.43. The number of hydrogen-bond donors (Lipinski definition) is 1. The number of benzene rings is 2. The van der Waals surface area contributed by atoms with E-state index in [0.29, 0.717) is 17.4 Å². The van der Waals surface area contributed by atoms with Gasteiger partial charge in [-0.2, -0.15) is 0 Å². The molecule has 0 bridgehead atoms. The minimum absolute atomic E-state index is 0.136. The van der Waals surface area contributed by atoms with Crippen LogP contribution in [-0.4, -0.2) is 42.3 Å². The number of halogens is 1. The summed E-state index contributed by atoms with van der Waals surface area (Å²) < 4.78 is 14.2. The summed E-state index contributed by atoms with van der Waals surface area (Å²) in [6.45, 7) is 2.01. The Morgan fingerprint density at radius 3 is 2.47 bits per heavy atom. The van der Waals surface area contributed by atoms with E-state index in [4.69, 9.17) is 0 Å². The first-order valence-electron chi connectivity index (χ1n) is 10.0. The van der Waals surface area contributed by atoms with E-state index >= 15 is 0 Å². The number of hydrogen-bond acceptors (Lipinski definition) is 5. The first-order chi connectivity index (χ1) is 15.3. The molecule has 0 fully saturated rings. The molecule has 2 amide bonds. The van der Waals surface area contributed by atoms with Gasteiger partial charge in [0.1, 0.15) is 5.82 Å². The number of rotatable bonds is 8. The van der Waals surface area contributed by atoms with E-state index in [1.54, 1.807) is 23.6 Å². The van der Waals surface area contributed by atoms with Crippen LogP contribution < -0.4 is 10.2 Å². The van der Waals surface area contributed by atoms with Crippen molar-refractivity contribution in [2.45, 2.75) is 13.0 Å². The maximum absolute atomic E-state index is 14.2. The topological polar surface area (TPSA) is 65.5 Å². The lowest BCUT2D eigenvalue weighted by atomic mass is 10.1. The van der Waals surface area contributed by atoms with Crippen molar-refractivity contribution >= 4 is 40.0 Å². The number of aromatic nitrogens is 1. The van der Waals surface area contributed by atoms with Gasteiger partial charge in [0.25, 0.3) is 0 Å². The van der Waals surface area contributed by atoms with E-state index in [0.717, 1.165) is 5.56 Å². The average molecular weight is 453 g/mol. The highest BCUT2D eigenvalue weighted by molar-refractivity contribution is 7.14. The van der Waals surface area contributed by atoms with E-state index in [1.165, 1.54) is 41.4 Å². The zero-order valence-corrected chi connectivity index (χ0v) is 19.0. The summed E-state index contributed by atoms with van der Waals surface area (Å²) in [5.74, 6) is -1.12. The summed E-state index contributed by atoms with van der Waals surface area (Å²) in [5.41, 5.74) is 1.66. The van der Waals surface area contributed by atoms with Crippen LogP contribution in [0.25, 0.3) is 6.08 Å². The highest BCUT2D eigenvalue weighted by atomic mass is 32.1. The van der Waals surface area contributed by atoms with E-state index in [1.807, 2.05) is 49.3 Å². The molecule has 0 radical (unpaired) electrons. The van der Waals surface area contributed by atoms with Crippen LogP contribution in [-0.2, 0) is 9.59 Å². The third kappa shape index (κ3) is 6.09. The predicted octanol–water partition coefficient (Wildman–Crippen LogP) is 4.40. The molecule has 8 heteroatoms. The van der Waals surface area contributed by atoms with Gasteiger partial charge < -0.3 is 10.2 Å². The Kier molecular flexibility index (Phi) is 7.86. The number of likely N-dealkylation sites (N-methyl/N-ethyl adjacent to an activating group) is 1. The Balaban J connectivity index is 1.73. The summed E-state index contributed by atoms with van der Waals surface area (Å²) in [6.07, 6.45) is 2.98. The number of amides is 2. The van der Waals surface area contributed by atoms with Gasteiger partial charge in [0, 0.05) is 24.9 Å². The molecular formula is C24H25FN4O2S. The van der Waals surface area contributed by atoms with Crippen molar-refractivity contribution in [3.63, 3.8) is 0 Å². The smallest absolute Gasteiger partial charge is 0.244 e. The van der Waals surface area contributed by atoms with Crippen LogP contribution in [0.2, 0.25) is 0 Å². The molecule has 3 aromatic rings. The maximum atomic E-state index is 14.2. The van der Waals surface area contributed by atoms with Crippen molar-refractivity contribution in [3.8, 4) is 0 Å². The standard InChI is InChI=1S/C24H25FN4O2S/c1-17(30)29(22-12-8-7-11-20(22)25)24-26-19(16-32-24)13-14-23(31)27-21(15-28(2)3)18-9-5-4-6-10-18/h4-14,16,21H,15H2,1-3H3,(H,27,31)/b14-13+. The molecule has 3 rings (SSSR count). The Labute approximate surface area is 191 Å². The van der Waals surface area contributed by atoms with Crippen molar-refractivity contribution in [2.75, 3.05) is 25.5 Å². The van der Waals surface area contributed by atoms with Crippen LogP contribution in [0.1, 0.15) is 24.2 Å². The molecule has 1 heterocycles. The van der Waals surface area contributed by atoms with E-state index < -0.39 is 5.82 Å². The molecule has 0 spiro atoms. The number of anilines is 2. The second-order valence-corrected chi connectivity index (χ2v) is 8.26. The Hall–Kier alpha value is -3.36. The number of nitrogens with one attached hydrogen (secondary N) is 1. The Morgan fingerprint density at radius 2 is 1.81 bits per heavy atom. The van der Waals surface area contributed by atoms with Crippen LogP contribution in [0, 0.1) is 5.82 Å².